The highest BCUT2D eigenvalue weighted by Gasteiger charge is 2.19. The normalized spacial score (nSPS) is 9.93. The van der Waals surface area contributed by atoms with E-state index in [9.17, 15) is 9.90 Å². The van der Waals surface area contributed by atoms with E-state index in [1.807, 2.05) is 5.43 Å². The van der Waals surface area contributed by atoms with Gasteiger partial charge in [-0.3, -0.25) is 10.2 Å². The van der Waals surface area contributed by atoms with Gasteiger partial charge in [-0.1, -0.05) is 23.2 Å². The lowest BCUT2D eigenvalue weighted by Crippen LogP contribution is -2.30. The van der Waals surface area contributed by atoms with Crippen molar-refractivity contribution in [2.75, 3.05) is 0 Å². The lowest BCUT2D eigenvalue weighted by atomic mass is 10.2. The van der Waals surface area contributed by atoms with Gasteiger partial charge in [0, 0.05) is 6.07 Å². The average molecular weight is 237 g/mol. The van der Waals surface area contributed by atoms with Crippen LogP contribution < -0.4 is 11.3 Å². The van der Waals surface area contributed by atoms with Crippen molar-refractivity contribution in [3.05, 3.63) is 21.7 Å². The van der Waals surface area contributed by atoms with Crippen molar-refractivity contribution in [1.29, 1.82) is 0 Å². The Labute approximate surface area is 89.0 Å². The minimum absolute atomic E-state index is 0.103. The lowest BCUT2D eigenvalue weighted by Gasteiger charge is -2.08. The smallest absolute Gasteiger partial charge is 0.268 e. The molecule has 7 heteroatoms. The number of phenolic OH excluding ortho intramolecular Hbond substituents is 2. The van der Waals surface area contributed by atoms with E-state index < -0.39 is 17.4 Å². The zero-order valence-corrected chi connectivity index (χ0v) is 8.23. The number of hydrogen-bond acceptors (Lipinski definition) is 4. The predicted octanol–water partition coefficient (Wildman–Crippen LogP) is 1.01. The van der Waals surface area contributed by atoms with Gasteiger partial charge in [-0.25, -0.2) is 5.84 Å². The maximum Gasteiger partial charge on any atom is 0.268 e. The fraction of sp³-hybridized carbons (Fsp3) is 0. The number of halogens is 2. The van der Waals surface area contributed by atoms with E-state index in [2.05, 4.69) is 0 Å². The summed E-state index contributed by atoms with van der Waals surface area (Å²) in [4.78, 5) is 11.1. The Balaban J connectivity index is 3.44. The van der Waals surface area contributed by atoms with Crippen LogP contribution in [0.4, 0.5) is 0 Å². The Morgan fingerprint density at radius 3 is 2.50 bits per heavy atom. The van der Waals surface area contributed by atoms with Gasteiger partial charge in [0.25, 0.3) is 5.91 Å². The highest BCUT2D eigenvalue weighted by atomic mass is 35.5. The number of benzene rings is 1. The summed E-state index contributed by atoms with van der Waals surface area (Å²) in [6.45, 7) is 0. The van der Waals surface area contributed by atoms with Gasteiger partial charge in [-0.2, -0.15) is 0 Å². The Morgan fingerprint density at radius 2 is 2.00 bits per heavy atom. The third-order valence-electron chi connectivity index (χ3n) is 1.53. The molecule has 5 N–H and O–H groups in total. The number of nitrogens with one attached hydrogen (secondary N) is 1. The highest BCUT2D eigenvalue weighted by molar-refractivity contribution is 6.40. The van der Waals surface area contributed by atoms with Crippen LogP contribution in [0.1, 0.15) is 10.4 Å². The van der Waals surface area contributed by atoms with Gasteiger partial charge in [0.05, 0.1) is 10.6 Å². The molecule has 5 nitrogen and oxygen atoms in total. The minimum atomic E-state index is -0.754. The molecule has 0 heterocycles. The molecule has 0 radical (unpaired) electrons. The van der Waals surface area contributed by atoms with Crippen molar-refractivity contribution in [1.82, 2.24) is 5.43 Å². The van der Waals surface area contributed by atoms with E-state index in [4.69, 9.17) is 34.2 Å². The lowest BCUT2D eigenvalue weighted by molar-refractivity contribution is 0.0953. The summed E-state index contributed by atoms with van der Waals surface area (Å²) in [6.07, 6.45) is 0. The number of phenols is 2. The number of aromatic hydroxyl groups is 2. The Kier molecular flexibility index (Phi) is 3.05. The van der Waals surface area contributed by atoms with Gasteiger partial charge in [0.15, 0.2) is 11.5 Å². The van der Waals surface area contributed by atoms with E-state index in [0.29, 0.717) is 0 Å². The van der Waals surface area contributed by atoms with E-state index in [0.717, 1.165) is 6.07 Å². The molecular weight excluding hydrogens is 231 g/mol. The summed E-state index contributed by atoms with van der Waals surface area (Å²) in [5, 5.41) is 17.8. The molecule has 1 aromatic rings. The fourth-order valence-corrected chi connectivity index (χ4v) is 1.49. The number of nitrogens with two attached hydrogens (primary N) is 1. The van der Waals surface area contributed by atoms with Crippen molar-refractivity contribution < 1.29 is 15.0 Å². The first kappa shape index (κ1) is 10.9. The van der Waals surface area contributed by atoms with Crippen molar-refractivity contribution in [3.8, 4) is 11.5 Å². The molecule has 1 amide bonds. The second kappa shape index (κ2) is 3.91. The van der Waals surface area contributed by atoms with Gasteiger partial charge < -0.3 is 10.2 Å². The molecule has 14 heavy (non-hydrogen) atoms. The van der Waals surface area contributed by atoms with Gasteiger partial charge in [-0.15, -0.1) is 0 Å². The molecule has 0 aromatic heterocycles. The summed E-state index contributed by atoms with van der Waals surface area (Å²) in [7, 11) is 0. The molecule has 0 saturated carbocycles. The fourth-order valence-electron chi connectivity index (χ4n) is 0.877. The van der Waals surface area contributed by atoms with Crippen molar-refractivity contribution in [2.24, 2.45) is 5.84 Å². The standard InChI is InChI=1S/C7H6Cl2N2O3/c8-2-1-3(12)6(13)5(9)4(2)7(14)11-10/h1,12-13H,10H2,(H,11,14). The van der Waals surface area contributed by atoms with Gasteiger partial charge >= 0.3 is 0 Å². The first-order chi connectivity index (χ1) is 6.49. The van der Waals surface area contributed by atoms with Crippen LogP contribution in [0.25, 0.3) is 0 Å². The quantitative estimate of drug-likeness (QED) is 0.253. The summed E-state index contributed by atoms with van der Waals surface area (Å²) in [6, 6.07) is 0.993. The van der Waals surface area contributed by atoms with Gasteiger partial charge in [-0.05, 0) is 0 Å². The molecule has 1 aromatic carbocycles. The van der Waals surface area contributed by atoms with Crippen LogP contribution in [0, 0.1) is 0 Å². The maximum atomic E-state index is 11.1. The highest BCUT2D eigenvalue weighted by Crippen LogP contribution is 2.39. The maximum absolute atomic E-state index is 11.1. The second-order valence-corrected chi connectivity index (χ2v) is 3.17. The number of amides is 1. The number of carbonyl (C=O) groups excluding carboxylic acids is 1. The largest absolute Gasteiger partial charge is 0.504 e. The predicted molar refractivity (Wildman–Crippen MR) is 51.4 cm³/mol. The summed E-state index contributed by atoms with van der Waals surface area (Å²) in [5.41, 5.74) is 1.62. The molecule has 0 saturated heterocycles. The molecule has 0 unspecified atom stereocenters. The average Bonchev–Trinajstić information content (AvgIpc) is 2.14. The van der Waals surface area contributed by atoms with Crippen LogP contribution >= 0.6 is 23.2 Å². The Bertz CT molecular complexity index is 395. The van der Waals surface area contributed by atoms with Crippen LogP contribution in [-0.2, 0) is 0 Å². The Hall–Kier alpha value is -1.17. The van der Waals surface area contributed by atoms with Gasteiger partial charge in [0.1, 0.15) is 5.02 Å². The number of hydrazine groups is 1. The van der Waals surface area contributed by atoms with Crippen LogP contribution in [-0.4, -0.2) is 16.1 Å². The van der Waals surface area contributed by atoms with Gasteiger partial charge in [0.2, 0.25) is 0 Å². The zero-order chi connectivity index (χ0) is 10.9. The van der Waals surface area contributed by atoms with E-state index in [1.165, 1.54) is 0 Å². The molecular formula is C7H6Cl2N2O3. The van der Waals surface area contributed by atoms with Crippen molar-refractivity contribution in [2.45, 2.75) is 0 Å². The zero-order valence-electron chi connectivity index (χ0n) is 6.71. The molecule has 0 aliphatic rings. The molecule has 76 valence electrons. The number of rotatable bonds is 1. The number of hydrogen-bond donors (Lipinski definition) is 4. The van der Waals surface area contributed by atoms with Crippen molar-refractivity contribution >= 4 is 29.1 Å². The molecule has 0 bridgehead atoms. The second-order valence-electron chi connectivity index (χ2n) is 2.39. The summed E-state index contributed by atoms with van der Waals surface area (Å²) < 4.78 is 0. The van der Waals surface area contributed by atoms with Crippen LogP contribution in [0.2, 0.25) is 10.0 Å². The molecule has 0 aliphatic heterocycles. The topological polar surface area (TPSA) is 95.6 Å². The van der Waals surface area contributed by atoms with Crippen LogP contribution in [0.3, 0.4) is 0 Å². The molecule has 1 rings (SSSR count). The van der Waals surface area contributed by atoms with Crippen LogP contribution in [0.15, 0.2) is 6.07 Å². The van der Waals surface area contributed by atoms with E-state index in [1.54, 1.807) is 0 Å². The summed E-state index contributed by atoms with van der Waals surface area (Å²) >= 11 is 11.2. The molecule has 0 atom stereocenters. The number of nitrogen functional groups attached to an aromatic ring is 1. The first-order valence-electron chi connectivity index (χ1n) is 3.40. The molecule has 0 fully saturated rings. The van der Waals surface area contributed by atoms with Crippen LogP contribution in [0.5, 0.6) is 11.5 Å². The minimum Gasteiger partial charge on any atom is -0.504 e. The SMILES string of the molecule is NNC(=O)c1c(Cl)cc(O)c(O)c1Cl. The first-order valence-corrected chi connectivity index (χ1v) is 4.15. The number of carbonyl (C=O) groups is 1. The third kappa shape index (κ3) is 1.70. The van der Waals surface area contributed by atoms with E-state index >= 15 is 0 Å². The Morgan fingerprint density at radius 1 is 1.43 bits per heavy atom. The molecule has 0 spiro atoms. The van der Waals surface area contributed by atoms with E-state index in [-0.39, 0.29) is 15.6 Å². The summed E-state index contributed by atoms with van der Waals surface area (Å²) in [5.74, 6) is 2.99. The third-order valence-corrected chi connectivity index (χ3v) is 2.20. The monoisotopic (exact) mass is 236 g/mol. The van der Waals surface area contributed by atoms with Crippen molar-refractivity contribution in [3.63, 3.8) is 0 Å². The molecule has 0 aliphatic carbocycles.